The maximum absolute atomic E-state index is 13.1. The lowest BCUT2D eigenvalue weighted by molar-refractivity contribution is -0.325. The van der Waals surface area contributed by atoms with Crippen LogP contribution in [0.2, 0.25) is 5.02 Å². The summed E-state index contributed by atoms with van der Waals surface area (Å²) in [5, 5.41) is 0.0249. The number of H-pyrrole nitrogens is 1. The third kappa shape index (κ3) is 9.15. The molecule has 2 aromatic rings. The van der Waals surface area contributed by atoms with Crippen molar-refractivity contribution in [3.63, 3.8) is 0 Å². The molecule has 1 atom stereocenters. The summed E-state index contributed by atoms with van der Waals surface area (Å²) in [4.78, 5) is 28.5. The van der Waals surface area contributed by atoms with E-state index in [1.807, 2.05) is 0 Å². The summed E-state index contributed by atoms with van der Waals surface area (Å²) in [7, 11) is 1.18. The second-order valence-electron chi connectivity index (χ2n) is 8.69. The Labute approximate surface area is 212 Å². The Kier molecular flexibility index (Phi) is 9.53. The van der Waals surface area contributed by atoms with Crippen LogP contribution in [-0.4, -0.2) is 49.4 Å². The number of aromatic amines is 1. The fourth-order valence-corrected chi connectivity index (χ4v) is 3.50. The molecule has 1 aromatic heterocycles. The minimum absolute atomic E-state index is 0.0249. The Morgan fingerprint density at radius 3 is 2.27 bits per heavy atom. The molecule has 7 nitrogen and oxygen atoms in total. The maximum Gasteiger partial charge on any atom is 0.522 e. The molecule has 37 heavy (non-hydrogen) atoms. The van der Waals surface area contributed by atoms with Crippen molar-refractivity contribution in [2.24, 2.45) is 0 Å². The van der Waals surface area contributed by atoms with E-state index in [2.05, 4.69) is 9.72 Å². The van der Waals surface area contributed by atoms with E-state index in [0.717, 1.165) is 12.3 Å². The summed E-state index contributed by atoms with van der Waals surface area (Å²) in [6.45, 7) is 1.79. The molecule has 14 heteroatoms. The van der Waals surface area contributed by atoms with Gasteiger partial charge in [0.05, 0.1) is 19.6 Å². The van der Waals surface area contributed by atoms with Gasteiger partial charge in [0.15, 0.2) is 6.61 Å². The fourth-order valence-electron chi connectivity index (χ4n) is 3.33. The van der Waals surface area contributed by atoms with E-state index in [1.165, 1.54) is 40.0 Å². The van der Waals surface area contributed by atoms with E-state index in [1.54, 1.807) is 0 Å². The first kappa shape index (κ1) is 30.3. The second-order valence-corrected chi connectivity index (χ2v) is 9.12. The number of alkyl halides is 6. The predicted octanol–water partition coefficient (Wildman–Crippen LogP) is 6.00. The minimum Gasteiger partial charge on any atom is -0.495 e. The number of ether oxygens (including phenoxy) is 4. The molecule has 0 aliphatic rings. The van der Waals surface area contributed by atoms with Crippen LogP contribution in [0.25, 0.3) is 11.1 Å². The average Bonchev–Trinajstić information content (AvgIpc) is 2.73. The minimum atomic E-state index is -5.02. The van der Waals surface area contributed by atoms with Crippen molar-refractivity contribution in [3.05, 3.63) is 45.3 Å². The topological polar surface area (TPSA) is 86.9 Å². The number of halogens is 7. The normalized spacial score (nSPS) is 13.3. The van der Waals surface area contributed by atoms with Gasteiger partial charge in [0, 0.05) is 27.9 Å². The maximum atomic E-state index is 13.1. The van der Waals surface area contributed by atoms with Crippen molar-refractivity contribution in [2.75, 3.05) is 20.3 Å². The highest BCUT2D eigenvalue weighted by atomic mass is 35.5. The number of benzene rings is 1. The number of hydrogen-bond acceptors (Lipinski definition) is 6. The lowest BCUT2D eigenvalue weighted by atomic mass is 9.88. The quantitative estimate of drug-likeness (QED) is 0.300. The van der Waals surface area contributed by atoms with Crippen molar-refractivity contribution >= 4 is 17.6 Å². The summed E-state index contributed by atoms with van der Waals surface area (Å²) in [6, 6.07) is 3.52. The summed E-state index contributed by atoms with van der Waals surface area (Å²) in [5.41, 5.74) is -2.84. The van der Waals surface area contributed by atoms with Crippen molar-refractivity contribution in [2.45, 2.75) is 51.2 Å². The van der Waals surface area contributed by atoms with Crippen LogP contribution in [0.5, 0.6) is 11.5 Å². The number of carbonyl (C=O) groups is 1. The van der Waals surface area contributed by atoms with E-state index in [-0.39, 0.29) is 27.6 Å². The van der Waals surface area contributed by atoms with Gasteiger partial charge in [-0.25, -0.2) is 0 Å². The van der Waals surface area contributed by atoms with Gasteiger partial charge in [0.2, 0.25) is 0 Å². The van der Waals surface area contributed by atoms with Crippen molar-refractivity contribution in [1.82, 2.24) is 4.98 Å². The van der Waals surface area contributed by atoms with Crippen LogP contribution in [0.15, 0.2) is 29.2 Å². The van der Waals surface area contributed by atoms with Gasteiger partial charge in [-0.05, 0) is 45.4 Å². The molecule has 1 unspecified atom stereocenters. The van der Waals surface area contributed by atoms with Crippen LogP contribution in [0.4, 0.5) is 26.3 Å². The standard InChI is InChI=1S/C23H24ClF6NO6/c1-21(2,3)37-20(33)13(7-8-36-23(28,29)30)18-17(16(34-4)10-31-19(18)32)14-9-12(24)5-6-15(14)35-11-22(25,26)27/h5-6,9-10,13H,7-8,11H2,1-4H3,(H,31,32). The molecule has 2 rings (SSSR count). The number of rotatable bonds is 9. The van der Waals surface area contributed by atoms with Crippen molar-refractivity contribution in [3.8, 4) is 22.6 Å². The van der Waals surface area contributed by atoms with E-state index >= 15 is 0 Å². The monoisotopic (exact) mass is 559 g/mol. The van der Waals surface area contributed by atoms with Gasteiger partial charge < -0.3 is 19.2 Å². The van der Waals surface area contributed by atoms with Crippen LogP contribution in [0.3, 0.4) is 0 Å². The van der Waals surface area contributed by atoms with Crippen LogP contribution in [0, 0.1) is 0 Å². The van der Waals surface area contributed by atoms with E-state index in [0.29, 0.717) is 0 Å². The van der Waals surface area contributed by atoms with E-state index in [9.17, 15) is 35.9 Å². The van der Waals surface area contributed by atoms with Gasteiger partial charge in [-0.2, -0.15) is 13.2 Å². The second kappa shape index (κ2) is 11.6. The fraction of sp³-hybridized carbons (Fsp3) is 0.478. The summed E-state index contributed by atoms with van der Waals surface area (Å²) >= 11 is 6.07. The first-order valence-corrected chi connectivity index (χ1v) is 11.0. The molecule has 1 N–H and O–H groups in total. The molecule has 0 radical (unpaired) electrons. The first-order chi connectivity index (χ1) is 16.9. The Hall–Kier alpha value is -2.93. The predicted molar refractivity (Wildman–Crippen MR) is 121 cm³/mol. The summed E-state index contributed by atoms with van der Waals surface area (Å²) in [5.74, 6) is -3.22. The first-order valence-electron chi connectivity index (χ1n) is 10.6. The van der Waals surface area contributed by atoms with Crippen molar-refractivity contribution < 1.29 is 50.1 Å². The van der Waals surface area contributed by atoms with Gasteiger partial charge in [0.1, 0.15) is 17.1 Å². The molecule has 0 bridgehead atoms. The average molecular weight is 560 g/mol. The molecule has 0 amide bonds. The van der Waals surface area contributed by atoms with E-state index < -0.39 is 60.8 Å². The van der Waals surface area contributed by atoms with Gasteiger partial charge >= 0.3 is 18.5 Å². The molecule has 0 aliphatic heterocycles. The SMILES string of the molecule is COc1c[nH]c(=O)c(C(CCOC(F)(F)F)C(=O)OC(C)(C)C)c1-c1cc(Cl)ccc1OCC(F)(F)F. The Balaban J connectivity index is 2.78. The lowest BCUT2D eigenvalue weighted by Gasteiger charge is -2.26. The largest absolute Gasteiger partial charge is 0.522 e. The summed E-state index contributed by atoms with van der Waals surface area (Å²) < 4.78 is 95.9. The smallest absolute Gasteiger partial charge is 0.495 e. The molecule has 206 valence electrons. The van der Waals surface area contributed by atoms with Crippen LogP contribution in [-0.2, 0) is 14.3 Å². The Bertz CT molecular complexity index is 1160. The highest BCUT2D eigenvalue weighted by Gasteiger charge is 2.36. The number of carbonyl (C=O) groups excluding carboxylic acids is 1. The molecule has 0 aliphatic carbocycles. The number of methoxy groups -OCH3 is 1. The molecule has 1 aromatic carbocycles. The van der Waals surface area contributed by atoms with Crippen LogP contribution >= 0.6 is 11.6 Å². The van der Waals surface area contributed by atoms with Gasteiger partial charge in [-0.3, -0.25) is 14.3 Å². The number of pyridine rings is 1. The Morgan fingerprint density at radius 2 is 1.73 bits per heavy atom. The van der Waals surface area contributed by atoms with Crippen LogP contribution in [0.1, 0.15) is 38.7 Å². The number of hydrogen-bond donors (Lipinski definition) is 1. The number of nitrogens with one attached hydrogen (secondary N) is 1. The molecular weight excluding hydrogens is 536 g/mol. The summed E-state index contributed by atoms with van der Waals surface area (Å²) in [6.07, 6.45) is -9.33. The molecule has 1 heterocycles. The zero-order valence-electron chi connectivity index (χ0n) is 20.1. The third-order valence-electron chi connectivity index (χ3n) is 4.63. The highest BCUT2D eigenvalue weighted by Crippen LogP contribution is 2.42. The van der Waals surface area contributed by atoms with Gasteiger partial charge in [0.25, 0.3) is 5.56 Å². The number of aromatic nitrogens is 1. The molecule has 0 spiro atoms. The highest BCUT2D eigenvalue weighted by molar-refractivity contribution is 6.31. The zero-order valence-corrected chi connectivity index (χ0v) is 20.9. The number of esters is 1. The van der Waals surface area contributed by atoms with E-state index in [4.69, 9.17) is 25.8 Å². The van der Waals surface area contributed by atoms with Gasteiger partial charge in [-0.15, -0.1) is 13.2 Å². The van der Waals surface area contributed by atoms with Crippen molar-refractivity contribution in [1.29, 1.82) is 0 Å². The molecule has 0 saturated carbocycles. The molecule has 0 fully saturated rings. The van der Waals surface area contributed by atoms with Gasteiger partial charge in [-0.1, -0.05) is 11.6 Å². The zero-order chi connectivity index (χ0) is 28.2. The molecular formula is C23H24ClF6NO6. The third-order valence-corrected chi connectivity index (χ3v) is 4.86. The van der Waals surface area contributed by atoms with Crippen LogP contribution < -0.4 is 15.0 Å². The Morgan fingerprint density at radius 1 is 1.08 bits per heavy atom. The molecule has 0 saturated heterocycles. The lowest BCUT2D eigenvalue weighted by Crippen LogP contribution is -2.32.